The van der Waals surface area contributed by atoms with Gasteiger partial charge in [0.2, 0.25) is 19.9 Å². The molecular weight excluding hydrogens is 562 g/mol. The van der Waals surface area contributed by atoms with Crippen LogP contribution in [0.1, 0.15) is 12.8 Å². The van der Waals surface area contributed by atoms with E-state index in [4.69, 9.17) is 11.6 Å². The van der Waals surface area contributed by atoms with Gasteiger partial charge >= 0.3 is 15.5 Å². The summed E-state index contributed by atoms with van der Waals surface area (Å²) in [5, 5.41) is -0.506. The first-order valence-corrected chi connectivity index (χ1v) is 14.5. The minimum atomic E-state index is -5.78. The van der Waals surface area contributed by atoms with Gasteiger partial charge in [-0.3, -0.25) is 0 Å². The van der Waals surface area contributed by atoms with Gasteiger partial charge < -0.3 is 0 Å². The van der Waals surface area contributed by atoms with Crippen molar-refractivity contribution in [3.8, 4) is 0 Å². The van der Waals surface area contributed by atoms with Crippen molar-refractivity contribution in [3.63, 3.8) is 0 Å². The van der Waals surface area contributed by atoms with Crippen LogP contribution in [-0.2, 0) is 29.9 Å². The Morgan fingerprint density at radius 3 is 2.17 bits per heavy atom. The molecular formula is C18H18ClF4N3O6S3. The Morgan fingerprint density at radius 1 is 1.00 bits per heavy atom. The number of benzene rings is 1. The minimum absolute atomic E-state index is 0.0724. The van der Waals surface area contributed by atoms with E-state index < -0.39 is 88.4 Å². The first kappa shape index (κ1) is 27.7. The van der Waals surface area contributed by atoms with Gasteiger partial charge in [-0.2, -0.15) is 17.5 Å². The zero-order valence-corrected chi connectivity index (χ0v) is 20.7. The number of pyridine rings is 1. The molecule has 0 saturated carbocycles. The molecule has 0 amide bonds. The molecule has 1 saturated heterocycles. The predicted molar refractivity (Wildman–Crippen MR) is 116 cm³/mol. The molecule has 3 rings (SSSR count). The van der Waals surface area contributed by atoms with Crippen LogP contribution >= 0.6 is 11.6 Å². The van der Waals surface area contributed by atoms with Gasteiger partial charge in [-0.25, -0.2) is 39.3 Å². The van der Waals surface area contributed by atoms with E-state index in [0.29, 0.717) is 0 Å². The molecule has 1 N–H and O–H groups in total. The van der Waals surface area contributed by atoms with E-state index in [-0.39, 0.29) is 5.02 Å². The van der Waals surface area contributed by atoms with Crippen LogP contribution in [0, 0.1) is 0 Å². The number of sulfone groups is 1. The Labute approximate surface area is 204 Å². The van der Waals surface area contributed by atoms with Gasteiger partial charge in [0.1, 0.15) is 10.6 Å². The number of rotatable bonds is 7. The number of nitrogens with one attached hydrogen (secondary N) is 1. The highest BCUT2D eigenvalue weighted by Gasteiger charge is 2.48. The van der Waals surface area contributed by atoms with Crippen molar-refractivity contribution < 1.29 is 42.8 Å². The second-order valence-electron chi connectivity index (χ2n) is 7.59. The average molecular weight is 580 g/mol. The lowest BCUT2D eigenvalue weighted by Crippen LogP contribution is -2.51. The molecule has 1 aliphatic heterocycles. The summed E-state index contributed by atoms with van der Waals surface area (Å²) in [4.78, 5) is 2.45. The molecule has 194 valence electrons. The summed E-state index contributed by atoms with van der Waals surface area (Å²) in [7, 11) is -14.7. The molecule has 1 aromatic carbocycles. The molecule has 0 radical (unpaired) electrons. The van der Waals surface area contributed by atoms with Crippen LogP contribution in [0.4, 0.5) is 17.6 Å². The lowest BCUT2D eigenvalue weighted by Gasteiger charge is -2.36. The number of alkyl halides is 4. The van der Waals surface area contributed by atoms with Crippen LogP contribution < -0.4 is 4.72 Å². The van der Waals surface area contributed by atoms with Crippen LogP contribution in [-0.4, -0.2) is 65.4 Å². The van der Waals surface area contributed by atoms with Gasteiger partial charge in [-0.15, -0.1) is 0 Å². The Balaban J connectivity index is 1.86. The van der Waals surface area contributed by atoms with E-state index in [1.54, 1.807) is 0 Å². The molecule has 0 aliphatic carbocycles. The standard InChI is InChI=1S/C18H18ClF4N3O6S3/c19-13-4-5-14(15(11-13)33(27,28)16-3-1-2-8-24-16)34(29,30)26-9-6-17(20,7-10-26)12-25-35(31,32)18(21,22)23/h1-5,8,11,25H,6-7,9-10,12H2. The van der Waals surface area contributed by atoms with E-state index in [9.17, 15) is 42.8 Å². The zero-order valence-electron chi connectivity index (χ0n) is 17.5. The summed E-state index contributed by atoms with van der Waals surface area (Å²) in [5.41, 5.74) is -8.08. The van der Waals surface area contributed by atoms with Gasteiger partial charge in [0.15, 0.2) is 5.03 Å². The van der Waals surface area contributed by atoms with Crippen LogP contribution in [0.3, 0.4) is 0 Å². The van der Waals surface area contributed by atoms with Gasteiger partial charge in [0, 0.05) is 30.9 Å². The molecule has 1 aromatic heterocycles. The van der Waals surface area contributed by atoms with E-state index in [0.717, 1.165) is 33.3 Å². The van der Waals surface area contributed by atoms with Gasteiger partial charge in [0.25, 0.3) is 0 Å². The van der Waals surface area contributed by atoms with Crippen molar-refractivity contribution >= 4 is 41.5 Å². The molecule has 0 atom stereocenters. The van der Waals surface area contributed by atoms with Gasteiger partial charge in [0.05, 0.1) is 4.90 Å². The largest absolute Gasteiger partial charge is 0.511 e. The fourth-order valence-corrected chi connectivity index (χ4v) is 7.56. The number of halogens is 5. The Morgan fingerprint density at radius 2 is 1.63 bits per heavy atom. The third-order valence-electron chi connectivity index (χ3n) is 5.23. The lowest BCUT2D eigenvalue weighted by molar-refractivity contribution is -0.0452. The van der Waals surface area contributed by atoms with Gasteiger partial charge in [-0.1, -0.05) is 17.7 Å². The number of hydrogen-bond acceptors (Lipinski definition) is 7. The van der Waals surface area contributed by atoms with Crippen LogP contribution in [0.2, 0.25) is 5.02 Å². The number of hydrogen-bond donors (Lipinski definition) is 1. The maximum absolute atomic E-state index is 15.0. The summed E-state index contributed by atoms with van der Waals surface area (Å²) in [6, 6.07) is 7.07. The summed E-state index contributed by atoms with van der Waals surface area (Å²) in [6.07, 6.45) is -0.0743. The minimum Gasteiger partial charge on any atom is -0.244 e. The Kier molecular flexibility index (Phi) is 7.57. The second-order valence-corrected chi connectivity index (χ2v) is 13.6. The molecule has 1 fully saturated rings. The fraction of sp³-hybridized carbons (Fsp3) is 0.389. The molecule has 9 nitrogen and oxygen atoms in total. The van der Waals surface area contributed by atoms with Gasteiger partial charge in [-0.05, 0) is 43.2 Å². The van der Waals surface area contributed by atoms with Crippen molar-refractivity contribution in [1.29, 1.82) is 0 Å². The van der Waals surface area contributed by atoms with Crippen LogP contribution in [0.5, 0.6) is 0 Å². The highest BCUT2D eigenvalue weighted by molar-refractivity contribution is 7.93. The summed E-state index contributed by atoms with van der Waals surface area (Å²) in [6.45, 7) is -2.29. The smallest absolute Gasteiger partial charge is 0.244 e. The first-order valence-electron chi connectivity index (χ1n) is 9.70. The summed E-state index contributed by atoms with van der Waals surface area (Å²) in [5.74, 6) is 0. The van der Waals surface area contributed by atoms with E-state index >= 15 is 0 Å². The van der Waals surface area contributed by atoms with Crippen molar-refractivity contribution in [2.45, 2.75) is 38.8 Å². The highest BCUT2D eigenvalue weighted by atomic mass is 35.5. The molecule has 0 bridgehead atoms. The van der Waals surface area contributed by atoms with Crippen LogP contribution in [0.25, 0.3) is 0 Å². The third kappa shape index (κ3) is 5.77. The van der Waals surface area contributed by atoms with E-state index in [1.807, 2.05) is 0 Å². The maximum atomic E-state index is 15.0. The molecule has 2 heterocycles. The molecule has 35 heavy (non-hydrogen) atoms. The Bertz CT molecular complexity index is 1410. The number of sulfonamides is 2. The predicted octanol–water partition coefficient (Wildman–Crippen LogP) is 2.50. The topological polar surface area (TPSA) is 131 Å². The monoisotopic (exact) mass is 579 g/mol. The normalized spacial score (nSPS) is 17.9. The maximum Gasteiger partial charge on any atom is 0.511 e. The van der Waals surface area contributed by atoms with Crippen molar-refractivity contribution in [1.82, 2.24) is 14.0 Å². The third-order valence-corrected chi connectivity index (χ3v) is 10.4. The SMILES string of the molecule is O=S(=O)(c1ccccn1)c1cc(Cl)ccc1S(=O)(=O)N1CCC(F)(CNS(=O)(=O)C(F)(F)F)CC1. The van der Waals surface area contributed by atoms with Crippen molar-refractivity contribution in [3.05, 3.63) is 47.6 Å². The molecule has 1 aliphatic rings. The number of nitrogens with zero attached hydrogens (tertiary/aromatic N) is 2. The molecule has 17 heteroatoms. The summed E-state index contributed by atoms with van der Waals surface area (Å²) < 4.78 is 129. The quantitative estimate of drug-likeness (QED) is 0.499. The zero-order chi connectivity index (χ0) is 26.3. The second kappa shape index (κ2) is 9.55. The van der Waals surface area contributed by atoms with Crippen molar-refractivity contribution in [2.75, 3.05) is 19.6 Å². The number of aromatic nitrogens is 1. The first-order chi connectivity index (χ1) is 16.0. The average Bonchev–Trinajstić information content (AvgIpc) is 2.78. The van der Waals surface area contributed by atoms with Crippen LogP contribution in [0.15, 0.2) is 57.4 Å². The number of piperidine rings is 1. The fourth-order valence-electron chi connectivity index (χ4n) is 3.27. The van der Waals surface area contributed by atoms with E-state index in [2.05, 4.69) is 4.98 Å². The molecule has 2 aromatic rings. The molecule has 0 spiro atoms. The van der Waals surface area contributed by atoms with Crippen molar-refractivity contribution in [2.24, 2.45) is 0 Å². The highest BCUT2D eigenvalue weighted by Crippen LogP contribution is 2.34. The summed E-state index contributed by atoms with van der Waals surface area (Å²) >= 11 is 5.91. The lowest BCUT2D eigenvalue weighted by atomic mass is 9.95. The molecule has 0 unspecified atom stereocenters. The van der Waals surface area contributed by atoms with E-state index in [1.165, 1.54) is 18.3 Å². The Hall–Kier alpha value is -1.85.